The summed E-state index contributed by atoms with van der Waals surface area (Å²) in [5.74, 6) is -3.25. The fourth-order valence-electron chi connectivity index (χ4n) is 3.70. The fourth-order valence-corrected chi connectivity index (χ4v) is 6.07. The van der Waals surface area contributed by atoms with Crippen molar-refractivity contribution >= 4 is 26.2 Å². The molecule has 6 unspecified atom stereocenters. The van der Waals surface area contributed by atoms with Gasteiger partial charge in [-0.3, -0.25) is 8.74 Å². The van der Waals surface area contributed by atoms with Crippen molar-refractivity contribution in [3.63, 3.8) is 0 Å². The van der Waals surface area contributed by atoms with Crippen LogP contribution in [0.3, 0.4) is 0 Å². The summed E-state index contributed by atoms with van der Waals surface area (Å²) in [4.78, 5) is 11.6. The molecule has 0 saturated carbocycles. The molecule has 24 heavy (non-hydrogen) atoms. The highest BCUT2D eigenvalue weighted by Crippen LogP contribution is 2.62. The van der Waals surface area contributed by atoms with Crippen LogP contribution in [0.1, 0.15) is 20.8 Å². The normalized spacial score (nSPS) is 46.2. The molecule has 3 aliphatic rings. The van der Waals surface area contributed by atoms with E-state index in [1.54, 1.807) is 6.92 Å². The van der Waals surface area contributed by atoms with Crippen molar-refractivity contribution in [1.82, 2.24) is 0 Å². The molecular formula is C11H14F2O9S2. The number of hydrogen-bond donors (Lipinski definition) is 1. The Labute approximate surface area is 136 Å². The second-order valence-electron chi connectivity index (χ2n) is 6.49. The van der Waals surface area contributed by atoms with Gasteiger partial charge in [0.15, 0.2) is 11.4 Å². The molecule has 6 atom stereocenters. The smallest absolute Gasteiger partial charge is 0.452 e. The van der Waals surface area contributed by atoms with Gasteiger partial charge in [0.25, 0.3) is 10.1 Å². The summed E-state index contributed by atoms with van der Waals surface area (Å²) in [6.45, 7) is 4.39. The van der Waals surface area contributed by atoms with Gasteiger partial charge in [-0.1, -0.05) is 6.92 Å². The van der Waals surface area contributed by atoms with E-state index in [1.165, 1.54) is 13.8 Å². The summed E-state index contributed by atoms with van der Waals surface area (Å²) in [5, 5.41) is -6.80. The van der Waals surface area contributed by atoms with Crippen LogP contribution >= 0.6 is 0 Å². The van der Waals surface area contributed by atoms with Crippen LogP contribution < -0.4 is 0 Å². The quantitative estimate of drug-likeness (QED) is 0.389. The van der Waals surface area contributed by atoms with Gasteiger partial charge in [0, 0.05) is 5.92 Å². The third-order valence-corrected chi connectivity index (χ3v) is 7.82. The molecular weight excluding hydrogens is 378 g/mol. The van der Waals surface area contributed by atoms with Crippen LogP contribution in [0.2, 0.25) is 0 Å². The summed E-state index contributed by atoms with van der Waals surface area (Å²) in [7, 11) is -10.4. The first-order valence-corrected chi connectivity index (χ1v) is 9.68. The molecule has 0 aromatic rings. The zero-order valence-corrected chi connectivity index (χ0v) is 14.2. The maximum atomic E-state index is 13.4. The predicted molar refractivity (Wildman–Crippen MR) is 71.0 cm³/mol. The lowest BCUT2D eigenvalue weighted by Gasteiger charge is -2.38. The molecule has 0 aromatic heterocycles. The summed E-state index contributed by atoms with van der Waals surface area (Å²) in [6.07, 6.45) is -2.77. The van der Waals surface area contributed by atoms with Crippen molar-refractivity contribution in [2.75, 3.05) is 0 Å². The van der Waals surface area contributed by atoms with E-state index in [1.807, 2.05) is 0 Å². The van der Waals surface area contributed by atoms with Crippen molar-refractivity contribution in [2.24, 2.45) is 5.92 Å². The largest absolute Gasteiger partial charge is 0.465 e. The maximum Gasteiger partial charge on any atom is 0.465 e. The number of hydrogen-bond acceptors (Lipinski definition) is 8. The first kappa shape index (κ1) is 17.9. The lowest BCUT2D eigenvalue weighted by molar-refractivity contribution is -0.176. The van der Waals surface area contributed by atoms with Crippen LogP contribution in [-0.4, -0.2) is 61.3 Å². The van der Waals surface area contributed by atoms with E-state index in [-0.39, 0.29) is 0 Å². The summed E-state index contributed by atoms with van der Waals surface area (Å²) < 4.78 is 96.0. The molecule has 2 bridgehead atoms. The highest BCUT2D eigenvalue weighted by Gasteiger charge is 2.81. The molecule has 0 radical (unpaired) electrons. The van der Waals surface area contributed by atoms with Gasteiger partial charge in [0.1, 0.15) is 17.3 Å². The first-order chi connectivity index (χ1) is 10.6. The molecule has 0 amide bonds. The molecule has 3 aliphatic heterocycles. The van der Waals surface area contributed by atoms with E-state index in [0.717, 1.165) is 0 Å². The second kappa shape index (κ2) is 4.44. The summed E-state index contributed by atoms with van der Waals surface area (Å²) in [6, 6.07) is 0. The number of carbonyl (C=O) groups is 1. The van der Waals surface area contributed by atoms with Crippen LogP contribution in [0, 0.1) is 5.92 Å². The minimum Gasteiger partial charge on any atom is -0.452 e. The van der Waals surface area contributed by atoms with Crippen LogP contribution in [0.5, 0.6) is 0 Å². The molecule has 0 aliphatic carbocycles. The van der Waals surface area contributed by atoms with Crippen LogP contribution in [0.15, 0.2) is 0 Å². The molecule has 13 heteroatoms. The van der Waals surface area contributed by atoms with Gasteiger partial charge >= 0.3 is 21.3 Å². The Morgan fingerprint density at radius 3 is 2.33 bits per heavy atom. The van der Waals surface area contributed by atoms with Gasteiger partial charge in [-0.15, -0.1) is 0 Å². The molecule has 1 N–H and O–H groups in total. The third-order valence-electron chi connectivity index (χ3n) is 5.25. The SMILES string of the molecule is CC1C2(C)OC3C(C2OC(=O)C(F)(F)S(=O)(=O)O)S(=O)(=O)OC31C. The van der Waals surface area contributed by atoms with Gasteiger partial charge in [-0.25, -0.2) is 4.79 Å². The molecule has 3 saturated heterocycles. The van der Waals surface area contributed by atoms with Crippen molar-refractivity contribution in [2.45, 2.75) is 54.7 Å². The standard InChI is InChI=1S/C11H14F2O9S2/c1-4-9(2)6(20-8(14)11(12,13)24(17,18)19)5-7(21-9)10(4,3)22-23(5,15)16/h4-7H,1-3H3,(H,17,18,19). The maximum absolute atomic E-state index is 13.4. The monoisotopic (exact) mass is 392 g/mol. The van der Waals surface area contributed by atoms with Gasteiger partial charge in [0.2, 0.25) is 0 Å². The zero-order chi connectivity index (χ0) is 18.5. The van der Waals surface area contributed by atoms with E-state index >= 15 is 0 Å². The summed E-state index contributed by atoms with van der Waals surface area (Å²) in [5.41, 5.74) is -2.72. The Morgan fingerprint density at radius 1 is 1.29 bits per heavy atom. The highest BCUT2D eigenvalue weighted by molar-refractivity contribution is 7.88. The van der Waals surface area contributed by atoms with Crippen LogP contribution in [0.25, 0.3) is 0 Å². The van der Waals surface area contributed by atoms with E-state index in [0.29, 0.717) is 0 Å². The molecule has 0 spiro atoms. The van der Waals surface area contributed by atoms with Gasteiger partial charge < -0.3 is 9.47 Å². The van der Waals surface area contributed by atoms with Gasteiger partial charge in [-0.2, -0.15) is 25.6 Å². The lowest BCUT2D eigenvalue weighted by Crippen LogP contribution is -2.58. The van der Waals surface area contributed by atoms with E-state index in [9.17, 15) is 30.4 Å². The van der Waals surface area contributed by atoms with Crippen LogP contribution in [0.4, 0.5) is 8.78 Å². The highest BCUT2D eigenvalue weighted by atomic mass is 32.2. The van der Waals surface area contributed by atoms with E-state index < -0.39 is 66.0 Å². The molecule has 3 rings (SSSR count). The molecule has 3 fully saturated rings. The van der Waals surface area contributed by atoms with Crippen molar-refractivity contribution < 1.29 is 48.6 Å². The van der Waals surface area contributed by atoms with Crippen molar-refractivity contribution in [1.29, 1.82) is 0 Å². The topological polar surface area (TPSA) is 133 Å². The van der Waals surface area contributed by atoms with Crippen LogP contribution in [-0.2, 0) is 38.7 Å². The molecule has 138 valence electrons. The minimum atomic E-state index is -6.07. The number of carbonyl (C=O) groups excluding carboxylic acids is 1. The average Bonchev–Trinajstić information content (AvgIpc) is 2.86. The Balaban J connectivity index is 2.00. The van der Waals surface area contributed by atoms with Gasteiger partial charge in [-0.05, 0) is 13.8 Å². The number of fused-ring (bicyclic) bond motifs is 1. The van der Waals surface area contributed by atoms with Gasteiger partial charge in [0.05, 0.1) is 0 Å². The number of ether oxygens (including phenoxy) is 2. The molecule has 3 heterocycles. The summed E-state index contributed by atoms with van der Waals surface area (Å²) >= 11 is 0. The number of esters is 1. The van der Waals surface area contributed by atoms with Crippen molar-refractivity contribution in [3.05, 3.63) is 0 Å². The van der Waals surface area contributed by atoms with E-state index in [2.05, 4.69) is 4.74 Å². The zero-order valence-electron chi connectivity index (χ0n) is 12.6. The number of halogens is 2. The Hall–Kier alpha value is -0.890. The van der Waals surface area contributed by atoms with E-state index in [4.69, 9.17) is 13.5 Å². The number of rotatable bonds is 3. The minimum absolute atomic E-state index is 0.666. The Morgan fingerprint density at radius 2 is 1.83 bits per heavy atom. The lowest BCUT2D eigenvalue weighted by atomic mass is 9.70. The molecule has 9 nitrogen and oxygen atoms in total. The second-order valence-corrected chi connectivity index (χ2v) is 9.65. The molecule has 0 aromatic carbocycles. The predicted octanol–water partition coefficient (Wildman–Crippen LogP) is -0.327. The average molecular weight is 392 g/mol. The first-order valence-electron chi connectivity index (χ1n) is 6.77. The number of alkyl halides is 2. The third kappa shape index (κ3) is 1.90. The Bertz CT molecular complexity index is 822. The van der Waals surface area contributed by atoms with Crippen molar-refractivity contribution in [3.8, 4) is 0 Å². The Kier molecular flexibility index (Phi) is 3.31. The fraction of sp³-hybridized carbons (Fsp3) is 0.909.